The maximum atomic E-state index is 12.6. The van der Waals surface area contributed by atoms with Crippen molar-refractivity contribution in [3.63, 3.8) is 0 Å². The molecule has 27 heavy (non-hydrogen) atoms. The molecule has 2 aromatic carbocycles. The fourth-order valence-corrected chi connectivity index (χ4v) is 4.68. The van der Waals surface area contributed by atoms with Crippen molar-refractivity contribution in [3.8, 4) is 0 Å². The molecule has 2 atom stereocenters. The number of sulfone groups is 1. The Hall–Kier alpha value is -1.94. The van der Waals surface area contributed by atoms with Crippen LogP contribution in [0.4, 0.5) is 0 Å². The average Bonchev–Trinajstić information content (AvgIpc) is 2.89. The zero-order chi connectivity index (χ0) is 19.8. The van der Waals surface area contributed by atoms with E-state index in [1.807, 2.05) is 0 Å². The lowest BCUT2D eigenvalue weighted by Gasteiger charge is -2.10. The van der Waals surface area contributed by atoms with E-state index >= 15 is 0 Å². The van der Waals surface area contributed by atoms with Crippen molar-refractivity contribution >= 4 is 15.6 Å². The number of carbonyl (C=O) groups excluding carboxylic acids is 1. The van der Waals surface area contributed by atoms with Crippen molar-refractivity contribution in [3.05, 3.63) is 70.3 Å². The van der Waals surface area contributed by atoms with Gasteiger partial charge < -0.3 is 0 Å². The van der Waals surface area contributed by atoms with Crippen LogP contribution in [0.5, 0.6) is 0 Å². The lowest BCUT2D eigenvalue weighted by molar-refractivity contribution is 0.0993. The standard InChI is InChI=1S/C23H28O3S/c1-15(2)27(25,26)14-18-5-8-20(9-6-18)23(24)13-19-7-10-22-17(4)16(3)11-21(22)12-19/h5-10,12,15-17H,11,13-14H2,1-4H3. The molecule has 2 aromatic rings. The van der Waals surface area contributed by atoms with E-state index in [4.69, 9.17) is 0 Å². The normalized spacial score (nSPS) is 19.3. The van der Waals surface area contributed by atoms with Crippen LogP contribution in [-0.2, 0) is 28.4 Å². The summed E-state index contributed by atoms with van der Waals surface area (Å²) in [4.78, 5) is 12.6. The number of ketones is 1. The second-order valence-corrected chi connectivity index (χ2v) is 10.7. The molecule has 0 amide bonds. The highest BCUT2D eigenvalue weighted by Gasteiger charge is 2.25. The molecule has 3 nitrogen and oxygen atoms in total. The smallest absolute Gasteiger partial charge is 0.167 e. The minimum Gasteiger partial charge on any atom is -0.294 e. The molecule has 0 radical (unpaired) electrons. The van der Waals surface area contributed by atoms with Gasteiger partial charge in [0, 0.05) is 12.0 Å². The Bertz CT molecular complexity index is 940. The predicted octanol–water partition coefficient (Wildman–Crippen LogP) is 4.73. The zero-order valence-electron chi connectivity index (χ0n) is 16.5. The SMILES string of the molecule is CC1Cc2cc(CC(=O)c3ccc(CS(=O)(=O)C(C)C)cc3)ccc2C1C. The van der Waals surface area contributed by atoms with Crippen molar-refractivity contribution < 1.29 is 13.2 Å². The molecular weight excluding hydrogens is 356 g/mol. The molecule has 144 valence electrons. The largest absolute Gasteiger partial charge is 0.294 e. The summed E-state index contributed by atoms with van der Waals surface area (Å²) >= 11 is 0. The van der Waals surface area contributed by atoms with Crippen LogP contribution in [0.25, 0.3) is 0 Å². The molecule has 0 spiro atoms. The number of hydrogen-bond acceptors (Lipinski definition) is 3. The summed E-state index contributed by atoms with van der Waals surface area (Å²) in [6.45, 7) is 7.91. The summed E-state index contributed by atoms with van der Waals surface area (Å²) in [5, 5.41) is -0.399. The highest BCUT2D eigenvalue weighted by Crippen LogP contribution is 2.37. The number of benzene rings is 2. The third kappa shape index (κ3) is 4.32. The van der Waals surface area contributed by atoms with Crippen molar-refractivity contribution in [2.45, 2.75) is 57.5 Å². The Morgan fingerprint density at radius 2 is 1.67 bits per heavy atom. The third-order valence-electron chi connectivity index (χ3n) is 5.82. The number of Topliss-reactive ketones (excluding diaryl/α,β-unsaturated/α-hetero) is 1. The van der Waals surface area contributed by atoms with E-state index in [0.29, 0.717) is 23.8 Å². The van der Waals surface area contributed by atoms with E-state index in [9.17, 15) is 13.2 Å². The number of rotatable bonds is 6. The Kier molecular flexibility index (Phi) is 5.57. The van der Waals surface area contributed by atoms with Crippen LogP contribution in [0.2, 0.25) is 0 Å². The summed E-state index contributed by atoms with van der Waals surface area (Å²) in [7, 11) is -3.13. The maximum absolute atomic E-state index is 12.6. The van der Waals surface area contributed by atoms with E-state index in [-0.39, 0.29) is 11.5 Å². The Labute approximate surface area is 162 Å². The first-order chi connectivity index (χ1) is 12.7. The van der Waals surface area contributed by atoms with E-state index in [1.165, 1.54) is 11.1 Å². The summed E-state index contributed by atoms with van der Waals surface area (Å²) in [5.41, 5.74) is 5.18. The van der Waals surface area contributed by atoms with Gasteiger partial charge in [-0.25, -0.2) is 8.42 Å². The summed E-state index contributed by atoms with van der Waals surface area (Å²) in [6.07, 6.45) is 1.46. The molecule has 0 aromatic heterocycles. The van der Waals surface area contributed by atoms with E-state index in [2.05, 4.69) is 32.0 Å². The van der Waals surface area contributed by atoms with Gasteiger partial charge in [0.05, 0.1) is 11.0 Å². The molecule has 0 saturated heterocycles. The Morgan fingerprint density at radius 1 is 1.04 bits per heavy atom. The van der Waals surface area contributed by atoms with E-state index in [0.717, 1.165) is 17.5 Å². The first-order valence-electron chi connectivity index (χ1n) is 9.63. The van der Waals surface area contributed by atoms with Gasteiger partial charge in [-0.05, 0) is 54.4 Å². The predicted molar refractivity (Wildman–Crippen MR) is 110 cm³/mol. The van der Waals surface area contributed by atoms with Crippen LogP contribution in [0.15, 0.2) is 42.5 Å². The molecular formula is C23H28O3S. The average molecular weight is 385 g/mol. The summed E-state index contributed by atoms with van der Waals surface area (Å²) in [5.74, 6) is 1.31. The topological polar surface area (TPSA) is 51.2 Å². The van der Waals surface area contributed by atoms with Gasteiger partial charge in [0.15, 0.2) is 15.6 Å². The molecule has 2 unspecified atom stereocenters. The lowest BCUT2D eigenvalue weighted by Crippen LogP contribution is -2.16. The Balaban J connectivity index is 1.70. The molecule has 3 rings (SSSR count). The van der Waals surface area contributed by atoms with E-state index in [1.54, 1.807) is 38.1 Å². The molecule has 0 heterocycles. The fraction of sp³-hybridized carbons (Fsp3) is 0.435. The quantitative estimate of drug-likeness (QED) is 0.677. The highest BCUT2D eigenvalue weighted by atomic mass is 32.2. The first-order valence-corrected chi connectivity index (χ1v) is 11.3. The van der Waals surface area contributed by atoms with Gasteiger partial charge in [-0.1, -0.05) is 56.3 Å². The van der Waals surface area contributed by atoms with Crippen LogP contribution in [-0.4, -0.2) is 19.5 Å². The van der Waals surface area contributed by atoms with Gasteiger partial charge in [0.1, 0.15) is 0 Å². The van der Waals surface area contributed by atoms with E-state index < -0.39 is 15.1 Å². The van der Waals surface area contributed by atoms with Gasteiger partial charge >= 0.3 is 0 Å². The molecule has 0 saturated carbocycles. The number of carbonyl (C=O) groups is 1. The highest BCUT2D eigenvalue weighted by molar-refractivity contribution is 7.91. The van der Waals surface area contributed by atoms with Crippen LogP contribution in [0, 0.1) is 5.92 Å². The van der Waals surface area contributed by atoms with Crippen molar-refractivity contribution in [2.75, 3.05) is 0 Å². The number of fused-ring (bicyclic) bond motifs is 1. The molecule has 0 aliphatic heterocycles. The Morgan fingerprint density at radius 3 is 2.30 bits per heavy atom. The maximum Gasteiger partial charge on any atom is 0.167 e. The molecule has 0 N–H and O–H groups in total. The zero-order valence-corrected chi connectivity index (χ0v) is 17.3. The van der Waals surface area contributed by atoms with Gasteiger partial charge in [0.25, 0.3) is 0 Å². The van der Waals surface area contributed by atoms with Gasteiger partial charge in [-0.2, -0.15) is 0 Å². The minimum atomic E-state index is -3.13. The van der Waals surface area contributed by atoms with Crippen molar-refractivity contribution in [2.24, 2.45) is 5.92 Å². The van der Waals surface area contributed by atoms with Crippen LogP contribution in [0.3, 0.4) is 0 Å². The lowest BCUT2D eigenvalue weighted by atomic mass is 9.95. The second-order valence-electron chi connectivity index (χ2n) is 8.16. The van der Waals surface area contributed by atoms with Crippen LogP contribution >= 0.6 is 0 Å². The molecule has 0 bridgehead atoms. The fourth-order valence-electron chi connectivity index (χ4n) is 3.69. The minimum absolute atomic E-state index is 0.0142. The van der Waals surface area contributed by atoms with Crippen LogP contribution in [0.1, 0.15) is 66.2 Å². The summed E-state index contributed by atoms with van der Waals surface area (Å²) < 4.78 is 24.1. The molecule has 0 fully saturated rings. The summed E-state index contributed by atoms with van der Waals surface area (Å²) in [6, 6.07) is 13.4. The first kappa shape index (κ1) is 19.8. The van der Waals surface area contributed by atoms with Crippen molar-refractivity contribution in [1.29, 1.82) is 0 Å². The van der Waals surface area contributed by atoms with Gasteiger partial charge in [0.2, 0.25) is 0 Å². The molecule has 1 aliphatic carbocycles. The van der Waals surface area contributed by atoms with Gasteiger partial charge in [-0.15, -0.1) is 0 Å². The van der Waals surface area contributed by atoms with Gasteiger partial charge in [-0.3, -0.25) is 4.79 Å². The second kappa shape index (κ2) is 7.59. The third-order valence-corrected chi connectivity index (χ3v) is 7.99. The number of hydrogen-bond donors (Lipinski definition) is 0. The molecule has 1 aliphatic rings. The molecule has 4 heteroatoms. The van der Waals surface area contributed by atoms with Crippen LogP contribution < -0.4 is 0 Å². The monoisotopic (exact) mass is 384 g/mol. The van der Waals surface area contributed by atoms with Crippen molar-refractivity contribution in [1.82, 2.24) is 0 Å².